The van der Waals surface area contributed by atoms with E-state index < -0.39 is 29.8 Å². The molecule has 2 heterocycles. The van der Waals surface area contributed by atoms with E-state index in [1.165, 1.54) is 20.9 Å². The maximum absolute atomic E-state index is 13.7. The van der Waals surface area contributed by atoms with Crippen LogP contribution in [0.25, 0.3) is 0 Å². The van der Waals surface area contributed by atoms with E-state index in [9.17, 15) is 22.4 Å². The molecule has 0 saturated carbocycles. The number of hydrogen-bond donors (Lipinski definition) is 1. The highest BCUT2D eigenvalue weighted by atomic mass is 19.4. The van der Waals surface area contributed by atoms with Crippen molar-refractivity contribution in [3.8, 4) is 0 Å². The van der Waals surface area contributed by atoms with Crippen molar-refractivity contribution >= 4 is 12.1 Å². The Morgan fingerprint density at radius 3 is 2.48 bits per heavy atom. The van der Waals surface area contributed by atoms with Crippen LogP contribution in [0.1, 0.15) is 35.6 Å². The van der Waals surface area contributed by atoms with Crippen LogP contribution in [0.5, 0.6) is 0 Å². The Bertz CT molecular complexity index is 820. The fourth-order valence-electron chi connectivity index (χ4n) is 2.18. The van der Waals surface area contributed by atoms with E-state index >= 15 is 0 Å². The van der Waals surface area contributed by atoms with Gasteiger partial charge in [-0.2, -0.15) is 32.9 Å². The Labute approximate surface area is 140 Å². The SMILES string of the molecule is Cc1nn(C)c(F)c1/C=N\NC(=O)[C@H](C)n1nc(C(F)(F)F)cc1C. The van der Waals surface area contributed by atoms with Crippen LogP contribution >= 0.6 is 0 Å². The molecular formula is C14H16F4N6O. The second-order valence-electron chi connectivity index (χ2n) is 5.44. The van der Waals surface area contributed by atoms with Crippen molar-refractivity contribution < 1.29 is 22.4 Å². The summed E-state index contributed by atoms with van der Waals surface area (Å²) in [6, 6.07) is -0.186. The number of aromatic nitrogens is 4. The molecule has 7 nitrogen and oxygen atoms in total. The number of carbonyl (C=O) groups excluding carboxylic acids is 1. The summed E-state index contributed by atoms with van der Waals surface area (Å²) in [5.74, 6) is -1.32. The summed E-state index contributed by atoms with van der Waals surface area (Å²) in [7, 11) is 1.42. The first-order valence-corrected chi connectivity index (χ1v) is 7.17. The number of hydrazone groups is 1. The number of nitrogens with one attached hydrogen (secondary N) is 1. The number of nitrogens with zero attached hydrogens (tertiary/aromatic N) is 5. The molecule has 0 aliphatic rings. The van der Waals surface area contributed by atoms with Gasteiger partial charge in [-0.3, -0.25) is 9.48 Å². The van der Waals surface area contributed by atoms with E-state index in [0.717, 1.165) is 21.6 Å². The molecule has 0 spiro atoms. The van der Waals surface area contributed by atoms with Gasteiger partial charge in [-0.25, -0.2) is 10.1 Å². The van der Waals surface area contributed by atoms with Gasteiger partial charge in [-0.05, 0) is 26.8 Å². The molecule has 1 amide bonds. The summed E-state index contributed by atoms with van der Waals surface area (Å²) < 4.78 is 53.7. The van der Waals surface area contributed by atoms with Crippen molar-refractivity contribution in [3.05, 3.63) is 34.7 Å². The minimum absolute atomic E-state index is 0.102. The zero-order chi connectivity index (χ0) is 18.9. The van der Waals surface area contributed by atoms with Crippen LogP contribution < -0.4 is 5.43 Å². The van der Waals surface area contributed by atoms with Crippen LogP contribution in [-0.4, -0.2) is 31.7 Å². The van der Waals surface area contributed by atoms with E-state index in [4.69, 9.17) is 0 Å². The smallest absolute Gasteiger partial charge is 0.271 e. The molecule has 2 aromatic heterocycles. The van der Waals surface area contributed by atoms with Crippen LogP contribution in [-0.2, 0) is 18.0 Å². The van der Waals surface area contributed by atoms with Gasteiger partial charge in [-0.15, -0.1) is 0 Å². The Balaban J connectivity index is 2.11. The Morgan fingerprint density at radius 1 is 1.36 bits per heavy atom. The predicted molar refractivity (Wildman–Crippen MR) is 80.3 cm³/mol. The molecule has 0 aromatic carbocycles. The summed E-state index contributed by atoms with van der Waals surface area (Å²) in [5, 5.41) is 10.9. The average molecular weight is 360 g/mol. The molecule has 0 saturated heterocycles. The molecule has 11 heteroatoms. The molecule has 2 rings (SSSR count). The normalized spacial score (nSPS) is 13.4. The number of aryl methyl sites for hydroxylation is 3. The minimum Gasteiger partial charge on any atom is -0.271 e. The van der Waals surface area contributed by atoms with Gasteiger partial charge in [0.15, 0.2) is 5.69 Å². The molecule has 25 heavy (non-hydrogen) atoms. The predicted octanol–water partition coefficient (Wildman–Crippen LogP) is 2.10. The maximum atomic E-state index is 13.7. The first-order chi connectivity index (χ1) is 11.5. The molecule has 0 radical (unpaired) electrons. The van der Waals surface area contributed by atoms with Crippen molar-refractivity contribution in [2.75, 3.05) is 0 Å². The van der Waals surface area contributed by atoms with Gasteiger partial charge >= 0.3 is 6.18 Å². The summed E-state index contributed by atoms with van der Waals surface area (Å²) >= 11 is 0. The number of rotatable bonds is 4. The van der Waals surface area contributed by atoms with Gasteiger partial charge in [0.05, 0.1) is 17.5 Å². The van der Waals surface area contributed by atoms with Crippen molar-refractivity contribution in [1.82, 2.24) is 25.0 Å². The van der Waals surface area contributed by atoms with Crippen molar-refractivity contribution in [2.45, 2.75) is 33.0 Å². The van der Waals surface area contributed by atoms with Crippen LogP contribution in [0.4, 0.5) is 17.6 Å². The lowest BCUT2D eigenvalue weighted by atomic mass is 10.3. The largest absolute Gasteiger partial charge is 0.435 e. The van der Waals surface area contributed by atoms with E-state index in [2.05, 4.69) is 20.7 Å². The molecule has 0 unspecified atom stereocenters. The second kappa shape index (κ2) is 6.65. The standard InChI is InChI=1S/C14H16F4N6O/c1-7-5-11(14(16,17)18)22-24(7)9(3)13(25)20-19-6-10-8(2)21-23(4)12(10)15/h5-6,9H,1-4H3,(H,20,25)/b19-6-/t9-/m0/s1. The van der Waals surface area contributed by atoms with Crippen LogP contribution in [0.3, 0.4) is 0 Å². The molecule has 0 bridgehead atoms. The van der Waals surface area contributed by atoms with E-state index in [1.54, 1.807) is 6.92 Å². The Hall–Kier alpha value is -2.72. The van der Waals surface area contributed by atoms with E-state index in [1.807, 2.05) is 0 Å². The summed E-state index contributed by atoms with van der Waals surface area (Å²) in [6.45, 7) is 4.35. The van der Waals surface area contributed by atoms with Gasteiger partial charge < -0.3 is 0 Å². The highest BCUT2D eigenvalue weighted by molar-refractivity contribution is 5.84. The van der Waals surface area contributed by atoms with E-state index in [-0.39, 0.29) is 11.3 Å². The van der Waals surface area contributed by atoms with Crippen LogP contribution in [0.15, 0.2) is 11.2 Å². The van der Waals surface area contributed by atoms with Crippen molar-refractivity contribution in [1.29, 1.82) is 0 Å². The lowest BCUT2D eigenvalue weighted by molar-refractivity contribution is -0.142. The number of halogens is 4. The monoisotopic (exact) mass is 360 g/mol. The van der Waals surface area contributed by atoms with Gasteiger partial charge in [0.1, 0.15) is 6.04 Å². The lowest BCUT2D eigenvalue weighted by Gasteiger charge is -2.12. The minimum atomic E-state index is -4.60. The topological polar surface area (TPSA) is 77.1 Å². The third-order valence-electron chi connectivity index (χ3n) is 3.52. The highest BCUT2D eigenvalue weighted by Gasteiger charge is 2.35. The molecule has 0 aliphatic heterocycles. The van der Waals surface area contributed by atoms with Gasteiger partial charge in [0.25, 0.3) is 5.91 Å². The molecular weight excluding hydrogens is 344 g/mol. The third kappa shape index (κ3) is 3.86. The van der Waals surface area contributed by atoms with Crippen LogP contribution in [0, 0.1) is 19.8 Å². The number of amides is 1. The molecule has 0 fully saturated rings. The van der Waals surface area contributed by atoms with E-state index in [0.29, 0.717) is 5.69 Å². The zero-order valence-electron chi connectivity index (χ0n) is 13.9. The number of alkyl halides is 3. The van der Waals surface area contributed by atoms with Gasteiger partial charge in [0.2, 0.25) is 5.95 Å². The molecule has 136 valence electrons. The lowest BCUT2D eigenvalue weighted by Crippen LogP contribution is -2.29. The maximum Gasteiger partial charge on any atom is 0.435 e. The summed E-state index contributed by atoms with van der Waals surface area (Å²) in [5.41, 5.74) is 1.73. The first kappa shape index (κ1) is 18.6. The Morgan fingerprint density at radius 2 is 2.00 bits per heavy atom. The second-order valence-corrected chi connectivity index (χ2v) is 5.44. The fourth-order valence-corrected chi connectivity index (χ4v) is 2.18. The van der Waals surface area contributed by atoms with Crippen LogP contribution in [0.2, 0.25) is 0 Å². The highest BCUT2D eigenvalue weighted by Crippen LogP contribution is 2.29. The Kier molecular flexibility index (Phi) is 4.95. The van der Waals surface area contributed by atoms with Gasteiger partial charge in [-0.1, -0.05) is 0 Å². The van der Waals surface area contributed by atoms with Crippen molar-refractivity contribution in [2.24, 2.45) is 12.1 Å². The number of hydrogen-bond acceptors (Lipinski definition) is 4. The quantitative estimate of drug-likeness (QED) is 0.515. The van der Waals surface area contributed by atoms with Crippen molar-refractivity contribution in [3.63, 3.8) is 0 Å². The average Bonchev–Trinajstić information content (AvgIpc) is 3.01. The summed E-state index contributed by atoms with van der Waals surface area (Å²) in [6.07, 6.45) is -3.51. The molecule has 2 aromatic rings. The molecule has 1 atom stereocenters. The molecule has 0 aliphatic carbocycles. The zero-order valence-corrected chi connectivity index (χ0v) is 13.9. The third-order valence-corrected chi connectivity index (χ3v) is 3.52. The number of carbonyl (C=O) groups is 1. The summed E-state index contributed by atoms with van der Waals surface area (Å²) in [4.78, 5) is 12.0. The molecule has 1 N–H and O–H groups in total. The first-order valence-electron chi connectivity index (χ1n) is 7.17. The van der Waals surface area contributed by atoms with Gasteiger partial charge in [0, 0.05) is 12.7 Å². The fraction of sp³-hybridized carbons (Fsp3) is 0.429.